The number of Topliss-reactive ketones (excluding diaryl/α,β-unsaturated/α-hetero) is 1. The molecule has 0 N–H and O–H groups in total. The number of carbonyl (C=O) groups excluding carboxylic acids is 1. The number of benzene rings is 1. The van der Waals surface area contributed by atoms with Gasteiger partial charge in [-0.3, -0.25) is 4.79 Å². The van der Waals surface area contributed by atoms with Gasteiger partial charge in [0.1, 0.15) is 5.78 Å². The molecular formula is C16H24OS. The van der Waals surface area contributed by atoms with E-state index in [-0.39, 0.29) is 11.2 Å². The van der Waals surface area contributed by atoms with Crippen molar-refractivity contribution in [3.63, 3.8) is 0 Å². The number of carbonyl (C=O) groups is 1. The molecule has 0 heterocycles. The van der Waals surface area contributed by atoms with E-state index >= 15 is 0 Å². The van der Waals surface area contributed by atoms with Crippen LogP contribution in [-0.4, -0.2) is 11.5 Å². The van der Waals surface area contributed by atoms with Gasteiger partial charge in [-0.1, -0.05) is 32.9 Å². The van der Waals surface area contributed by atoms with Crippen LogP contribution in [0.1, 0.15) is 49.9 Å². The lowest BCUT2D eigenvalue weighted by molar-refractivity contribution is -0.114. The van der Waals surface area contributed by atoms with Gasteiger partial charge < -0.3 is 0 Å². The van der Waals surface area contributed by atoms with Gasteiger partial charge in [0.05, 0.1) is 5.75 Å². The maximum atomic E-state index is 11.0. The van der Waals surface area contributed by atoms with Crippen LogP contribution in [0.5, 0.6) is 0 Å². The Labute approximate surface area is 115 Å². The SMILES string of the molecule is CC(=O)CSCc1cc(C)c(C)c(C(C)(C)C)c1. The van der Waals surface area contributed by atoms with Gasteiger partial charge in [-0.2, -0.15) is 0 Å². The summed E-state index contributed by atoms with van der Waals surface area (Å²) in [6.45, 7) is 12.8. The summed E-state index contributed by atoms with van der Waals surface area (Å²) in [5.74, 6) is 1.78. The summed E-state index contributed by atoms with van der Waals surface area (Å²) in [7, 11) is 0. The molecule has 0 aliphatic heterocycles. The van der Waals surface area contributed by atoms with Crippen LogP contribution in [0.4, 0.5) is 0 Å². The quantitative estimate of drug-likeness (QED) is 0.800. The number of ketones is 1. The fourth-order valence-electron chi connectivity index (χ4n) is 2.11. The number of thioether (sulfide) groups is 1. The third-order valence-electron chi connectivity index (χ3n) is 3.11. The molecule has 0 spiro atoms. The lowest BCUT2D eigenvalue weighted by atomic mass is 9.82. The van der Waals surface area contributed by atoms with Crippen molar-refractivity contribution in [3.05, 3.63) is 34.4 Å². The average molecular weight is 264 g/mol. The Kier molecular flexibility index (Phi) is 5.03. The zero-order chi connectivity index (χ0) is 13.9. The molecule has 1 nitrogen and oxygen atoms in total. The number of aryl methyl sites for hydroxylation is 1. The third-order valence-corrected chi connectivity index (χ3v) is 4.26. The topological polar surface area (TPSA) is 17.1 Å². The zero-order valence-corrected chi connectivity index (χ0v) is 13.2. The van der Waals surface area contributed by atoms with E-state index in [1.165, 1.54) is 22.3 Å². The molecule has 0 aliphatic carbocycles. The van der Waals surface area contributed by atoms with E-state index in [1.54, 1.807) is 18.7 Å². The van der Waals surface area contributed by atoms with Crippen LogP contribution < -0.4 is 0 Å². The van der Waals surface area contributed by atoms with Gasteiger partial charge in [0.2, 0.25) is 0 Å². The van der Waals surface area contributed by atoms with Crippen LogP contribution in [0.2, 0.25) is 0 Å². The van der Waals surface area contributed by atoms with Crippen LogP contribution >= 0.6 is 11.8 Å². The average Bonchev–Trinajstić information content (AvgIpc) is 2.20. The summed E-state index contributed by atoms with van der Waals surface area (Å²) in [5, 5.41) is 0. The van der Waals surface area contributed by atoms with E-state index in [9.17, 15) is 4.79 Å². The van der Waals surface area contributed by atoms with Crippen LogP contribution in [0.15, 0.2) is 12.1 Å². The standard InChI is InChI=1S/C16H24OS/c1-11-7-14(10-18-9-12(2)17)8-15(13(11)3)16(4,5)6/h7-8H,9-10H2,1-6H3. The second-order valence-corrected chi connectivity index (χ2v) is 7.02. The Bertz CT molecular complexity index is 441. The first-order valence-electron chi connectivity index (χ1n) is 6.39. The van der Waals surface area contributed by atoms with E-state index in [4.69, 9.17) is 0 Å². The normalized spacial score (nSPS) is 11.7. The second kappa shape index (κ2) is 5.92. The first-order valence-corrected chi connectivity index (χ1v) is 7.55. The Morgan fingerprint density at radius 2 is 1.83 bits per heavy atom. The minimum atomic E-state index is 0.177. The van der Waals surface area contributed by atoms with Gasteiger partial charge in [0.25, 0.3) is 0 Å². The molecular weight excluding hydrogens is 240 g/mol. The van der Waals surface area contributed by atoms with Gasteiger partial charge in [-0.15, -0.1) is 11.8 Å². The molecule has 1 aromatic rings. The van der Waals surface area contributed by atoms with Crippen LogP contribution in [0, 0.1) is 13.8 Å². The van der Waals surface area contributed by atoms with Gasteiger partial charge in [-0.25, -0.2) is 0 Å². The molecule has 0 unspecified atom stereocenters. The van der Waals surface area contributed by atoms with Crippen molar-refractivity contribution in [2.75, 3.05) is 5.75 Å². The second-order valence-electron chi connectivity index (χ2n) is 6.03. The van der Waals surface area contributed by atoms with Crippen LogP contribution in [0.25, 0.3) is 0 Å². The molecule has 2 heteroatoms. The maximum absolute atomic E-state index is 11.0. The first-order chi connectivity index (χ1) is 8.21. The van der Waals surface area contributed by atoms with E-state index in [1.807, 2.05) is 0 Å². The molecule has 0 saturated carbocycles. The molecule has 100 valence electrons. The molecule has 0 amide bonds. The summed E-state index contributed by atoms with van der Waals surface area (Å²) in [6, 6.07) is 4.55. The fourth-order valence-corrected chi connectivity index (χ4v) is 2.90. The summed E-state index contributed by atoms with van der Waals surface area (Å²) >= 11 is 1.70. The van der Waals surface area contributed by atoms with Gasteiger partial charge in [-0.05, 0) is 48.4 Å². The fraction of sp³-hybridized carbons (Fsp3) is 0.562. The number of hydrogen-bond donors (Lipinski definition) is 0. The highest BCUT2D eigenvalue weighted by Gasteiger charge is 2.18. The minimum absolute atomic E-state index is 0.177. The van der Waals surface area contributed by atoms with E-state index < -0.39 is 0 Å². The predicted molar refractivity (Wildman–Crippen MR) is 81.5 cm³/mol. The lowest BCUT2D eigenvalue weighted by Gasteiger charge is -2.24. The van der Waals surface area contributed by atoms with Crippen LogP contribution in [0.3, 0.4) is 0 Å². The van der Waals surface area contributed by atoms with Crippen molar-refractivity contribution in [1.29, 1.82) is 0 Å². The summed E-state index contributed by atoms with van der Waals surface area (Å²) in [5.41, 5.74) is 5.66. The smallest absolute Gasteiger partial charge is 0.139 e. The highest BCUT2D eigenvalue weighted by molar-refractivity contribution is 7.99. The predicted octanol–water partition coefficient (Wildman–Crippen LogP) is 4.42. The highest BCUT2D eigenvalue weighted by atomic mass is 32.2. The van der Waals surface area contributed by atoms with Crippen LogP contribution in [-0.2, 0) is 16.0 Å². The Morgan fingerprint density at radius 3 is 2.33 bits per heavy atom. The van der Waals surface area contributed by atoms with Crippen molar-refractivity contribution in [1.82, 2.24) is 0 Å². The monoisotopic (exact) mass is 264 g/mol. The molecule has 1 aromatic carbocycles. The van der Waals surface area contributed by atoms with Crippen molar-refractivity contribution < 1.29 is 4.79 Å². The van der Waals surface area contributed by atoms with Gasteiger partial charge >= 0.3 is 0 Å². The first kappa shape index (κ1) is 15.3. The molecule has 0 bridgehead atoms. The molecule has 1 rings (SSSR count). The van der Waals surface area contributed by atoms with E-state index in [0.717, 1.165) is 5.75 Å². The highest BCUT2D eigenvalue weighted by Crippen LogP contribution is 2.29. The molecule has 0 atom stereocenters. The van der Waals surface area contributed by atoms with E-state index in [0.29, 0.717) is 5.75 Å². The third kappa shape index (κ3) is 4.16. The van der Waals surface area contributed by atoms with Gasteiger partial charge in [0.15, 0.2) is 0 Å². The number of hydrogen-bond acceptors (Lipinski definition) is 2. The minimum Gasteiger partial charge on any atom is -0.299 e. The van der Waals surface area contributed by atoms with Gasteiger partial charge in [0, 0.05) is 5.75 Å². The van der Waals surface area contributed by atoms with Crippen molar-refractivity contribution >= 4 is 17.5 Å². The van der Waals surface area contributed by atoms with Crippen molar-refractivity contribution in [2.45, 2.75) is 52.7 Å². The maximum Gasteiger partial charge on any atom is 0.139 e. The summed E-state index contributed by atoms with van der Waals surface area (Å²) in [4.78, 5) is 11.0. The summed E-state index contributed by atoms with van der Waals surface area (Å²) < 4.78 is 0. The van der Waals surface area contributed by atoms with E-state index in [2.05, 4.69) is 46.8 Å². The molecule has 0 radical (unpaired) electrons. The lowest BCUT2D eigenvalue weighted by Crippen LogP contribution is -2.14. The largest absolute Gasteiger partial charge is 0.299 e. The van der Waals surface area contributed by atoms with Crippen molar-refractivity contribution in [3.8, 4) is 0 Å². The molecule has 18 heavy (non-hydrogen) atoms. The zero-order valence-electron chi connectivity index (χ0n) is 12.4. The number of rotatable bonds is 4. The molecule has 0 fully saturated rings. The Balaban J connectivity index is 2.95. The molecule has 0 aliphatic rings. The Morgan fingerprint density at radius 1 is 1.22 bits per heavy atom. The molecule has 0 aromatic heterocycles. The Hall–Kier alpha value is -0.760. The molecule has 0 saturated heterocycles. The summed E-state index contributed by atoms with van der Waals surface area (Å²) in [6.07, 6.45) is 0. The van der Waals surface area contributed by atoms with Crippen molar-refractivity contribution in [2.24, 2.45) is 0 Å².